The second-order valence-electron chi connectivity index (χ2n) is 4.95. The summed E-state index contributed by atoms with van der Waals surface area (Å²) >= 11 is 0. The molecule has 0 saturated heterocycles. The van der Waals surface area contributed by atoms with E-state index in [-0.39, 0.29) is 16.4 Å². The van der Waals surface area contributed by atoms with Gasteiger partial charge in [-0.2, -0.15) is 0 Å². The number of phenols is 2. The Morgan fingerprint density at radius 2 is 1.86 bits per heavy atom. The van der Waals surface area contributed by atoms with Crippen molar-refractivity contribution in [1.82, 2.24) is 0 Å². The first-order chi connectivity index (χ1) is 10.1. The van der Waals surface area contributed by atoms with Crippen molar-refractivity contribution in [2.75, 3.05) is 0 Å². The lowest BCUT2D eigenvalue weighted by atomic mass is 10.1. The molecule has 0 spiro atoms. The van der Waals surface area contributed by atoms with Crippen molar-refractivity contribution in [2.24, 2.45) is 0 Å². The van der Waals surface area contributed by atoms with Gasteiger partial charge in [0.25, 0.3) is 0 Å². The normalized spacial score (nSPS) is 13.0. The molecule has 1 atom stereocenters. The maximum atomic E-state index is 12.2. The predicted octanol–water partition coefficient (Wildman–Crippen LogP) is 4.45. The molecule has 0 bridgehead atoms. The van der Waals surface area contributed by atoms with Gasteiger partial charge in [-0.1, -0.05) is 50.1 Å². The zero-order valence-corrected chi connectivity index (χ0v) is 12.9. The van der Waals surface area contributed by atoms with E-state index in [0.717, 1.165) is 25.7 Å². The van der Waals surface area contributed by atoms with E-state index >= 15 is 0 Å². The number of aromatic hydroxyl groups is 2. The molecule has 0 aliphatic carbocycles. The lowest BCUT2D eigenvalue weighted by Gasteiger charge is -2.08. The Bertz CT molecular complexity index is 677. The maximum absolute atomic E-state index is 12.2. The van der Waals surface area contributed by atoms with Crippen LogP contribution in [-0.2, 0) is 10.8 Å². The predicted molar refractivity (Wildman–Crippen MR) is 87.0 cm³/mol. The fourth-order valence-electron chi connectivity index (χ4n) is 2.21. The summed E-state index contributed by atoms with van der Waals surface area (Å²) in [5, 5.41) is 22.9. The molecule has 112 valence electrons. The summed E-state index contributed by atoms with van der Waals surface area (Å²) in [5.41, 5.74) is 0. The van der Waals surface area contributed by atoms with E-state index in [9.17, 15) is 14.4 Å². The lowest BCUT2D eigenvalue weighted by Crippen LogP contribution is -1.89. The zero-order valence-electron chi connectivity index (χ0n) is 12.1. The number of rotatable bonds is 6. The summed E-state index contributed by atoms with van der Waals surface area (Å²) in [6.45, 7) is 2.14. The first kappa shape index (κ1) is 15.6. The highest BCUT2D eigenvalue weighted by molar-refractivity contribution is 7.88. The van der Waals surface area contributed by atoms with Crippen LogP contribution in [0.1, 0.15) is 32.6 Å². The first-order valence-corrected chi connectivity index (χ1v) is 8.37. The van der Waals surface area contributed by atoms with Gasteiger partial charge in [0, 0.05) is 22.2 Å². The molecule has 1 unspecified atom stereocenters. The average Bonchev–Trinajstić information content (AvgIpc) is 2.50. The molecule has 2 rings (SSSR count). The molecule has 2 aromatic carbocycles. The monoisotopic (exact) mass is 304 g/mol. The van der Waals surface area contributed by atoms with Crippen molar-refractivity contribution in [3.05, 3.63) is 41.8 Å². The van der Waals surface area contributed by atoms with Crippen LogP contribution in [0.2, 0.25) is 0 Å². The smallest absolute Gasteiger partial charge is 0.140 e. The third-order valence-electron chi connectivity index (χ3n) is 3.37. The Kier molecular flexibility index (Phi) is 5.39. The molecule has 0 aliphatic heterocycles. The van der Waals surface area contributed by atoms with Crippen molar-refractivity contribution in [3.63, 3.8) is 0 Å². The summed E-state index contributed by atoms with van der Waals surface area (Å²) in [7, 11) is -1.46. The molecule has 0 aromatic heterocycles. The van der Waals surface area contributed by atoms with Gasteiger partial charge in [-0.15, -0.1) is 0 Å². The topological polar surface area (TPSA) is 57.5 Å². The minimum Gasteiger partial charge on any atom is -0.507 e. The second kappa shape index (κ2) is 7.27. The first-order valence-electron chi connectivity index (χ1n) is 7.16. The molecular formula is C17H20O3S. The van der Waals surface area contributed by atoms with Gasteiger partial charge in [0.1, 0.15) is 11.5 Å². The number of phenolic OH excluding ortho intramolecular Hbond substituents is 2. The molecule has 0 aliphatic rings. The number of unbranched alkanes of at least 4 members (excludes halogenated alkanes) is 3. The van der Waals surface area contributed by atoms with Crippen LogP contribution in [0.3, 0.4) is 0 Å². The Labute approximate surface area is 127 Å². The lowest BCUT2D eigenvalue weighted by molar-refractivity contribution is 0.457. The molecule has 0 radical (unpaired) electrons. The Hall–Kier alpha value is -1.81. The zero-order chi connectivity index (χ0) is 15.2. The van der Waals surface area contributed by atoms with Crippen molar-refractivity contribution < 1.29 is 14.4 Å². The van der Waals surface area contributed by atoms with Gasteiger partial charge in [-0.3, -0.25) is 0 Å². The third kappa shape index (κ3) is 3.64. The van der Waals surface area contributed by atoms with Gasteiger partial charge in [0.2, 0.25) is 0 Å². The highest BCUT2D eigenvalue weighted by Gasteiger charge is 2.14. The highest BCUT2D eigenvalue weighted by Crippen LogP contribution is 2.37. The van der Waals surface area contributed by atoms with Crippen LogP contribution in [-0.4, -0.2) is 14.4 Å². The summed E-state index contributed by atoms with van der Waals surface area (Å²) in [6, 6.07) is 8.36. The SMILES string of the molecule is CCCCC/C=C/S(=O)c1cc(O)c2ccccc2c1O. The van der Waals surface area contributed by atoms with Gasteiger partial charge in [0.05, 0.1) is 15.7 Å². The summed E-state index contributed by atoms with van der Waals surface area (Å²) < 4.78 is 12.2. The number of benzene rings is 2. The number of fused-ring (bicyclic) bond motifs is 1. The fourth-order valence-corrected chi connectivity index (χ4v) is 3.20. The Morgan fingerprint density at radius 3 is 2.57 bits per heavy atom. The van der Waals surface area contributed by atoms with Crippen LogP contribution in [0.4, 0.5) is 0 Å². The van der Waals surface area contributed by atoms with Crippen LogP contribution in [0.5, 0.6) is 11.5 Å². The fraction of sp³-hybridized carbons (Fsp3) is 0.294. The van der Waals surface area contributed by atoms with Crippen LogP contribution < -0.4 is 0 Å². The van der Waals surface area contributed by atoms with Gasteiger partial charge >= 0.3 is 0 Å². The van der Waals surface area contributed by atoms with Gasteiger partial charge in [-0.05, 0) is 12.8 Å². The molecule has 0 heterocycles. The number of hydrogen-bond acceptors (Lipinski definition) is 3. The van der Waals surface area contributed by atoms with E-state index in [1.54, 1.807) is 29.7 Å². The summed E-state index contributed by atoms with van der Waals surface area (Å²) in [5.74, 6) is 0.00562. The maximum Gasteiger partial charge on any atom is 0.140 e. The molecule has 21 heavy (non-hydrogen) atoms. The molecule has 2 N–H and O–H groups in total. The minimum absolute atomic E-state index is 0.0278. The largest absolute Gasteiger partial charge is 0.507 e. The highest BCUT2D eigenvalue weighted by atomic mass is 32.2. The molecule has 0 amide bonds. The Morgan fingerprint density at radius 1 is 1.14 bits per heavy atom. The van der Waals surface area contributed by atoms with Crippen molar-refractivity contribution in [1.29, 1.82) is 0 Å². The minimum atomic E-state index is -1.46. The van der Waals surface area contributed by atoms with E-state index in [4.69, 9.17) is 0 Å². The molecule has 2 aromatic rings. The van der Waals surface area contributed by atoms with Crippen LogP contribution in [0, 0.1) is 0 Å². The second-order valence-corrected chi connectivity index (χ2v) is 6.26. The molecule has 3 nitrogen and oxygen atoms in total. The van der Waals surface area contributed by atoms with Crippen molar-refractivity contribution >= 4 is 21.6 Å². The van der Waals surface area contributed by atoms with Gasteiger partial charge in [0.15, 0.2) is 0 Å². The van der Waals surface area contributed by atoms with Crippen molar-refractivity contribution in [3.8, 4) is 11.5 Å². The molecular weight excluding hydrogens is 284 g/mol. The third-order valence-corrected chi connectivity index (χ3v) is 4.55. The van der Waals surface area contributed by atoms with E-state index < -0.39 is 10.8 Å². The standard InChI is InChI=1S/C17H20O3S/c1-2-3-4-5-8-11-21(20)16-12-15(18)13-9-6-7-10-14(13)17(16)19/h6-12,18-19H,2-5H2,1H3/b11-8+. The van der Waals surface area contributed by atoms with Crippen molar-refractivity contribution in [2.45, 2.75) is 37.5 Å². The van der Waals surface area contributed by atoms with E-state index in [1.165, 1.54) is 6.07 Å². The van der Waals surface area contributed by atoms with E-state index in [0.29, 0.717) is 10.8 Å². The molecule has 0 fully saturated rings. The van der Waals surface area contributed by atoms with Gasteiger partial charge in [-0.25, -0.2) is 4.21 Å². The molecule has 4 heteroatoms. The van der Waals surface area contributed by atoms with Crippen LogP contribution in [0.15, 0.2) is 46.7 Å². The van der Waals surface area contributed by atoms with E-state index in [1.807, 2.05) is 6.08 Å². The van der Waals surface area contributed by atoms with Gasteiger partial charge < -0.3 is 10.2 Å². The van der Waals surface area contributed by atoms with Crippen LogP contribution in [0.25, 0.3) is 10.8 Å². The Balaban J connectivity index is 2.26. The average molecular weight is 304 g/mol. The number of allylic oxidation sites excluding steroid dienone is 1. The number of hydrogen-bond donors (Lipinski definition) is 2. The summed E-state index contributed by atoms with van der Waals surface area (Å²) in [6.07, 6.45) is 6.12. The van der Waals surface area contributed by atoms with Crippen LogP contribution >= 0.6 is 0 Å². The quantitative estimate of drug-likeness (QED) is 0.612. The molecule has 0 saturated carbocycles. The van der Waals surface area contributed by atoms with E-state index in [2.05, 4.69) is 6.92 Å². The summed E-state index contributed by atoms with van der Waals surface area (Å²) in [4.78, 5) is 0.248.